The summed E-state index contributed by atoms with van der Waals surface area (Å²) in [6.07, 6.45) is 2.80. The molecule has 0 amide bonds. The molecule has 4 nitrogen and oxygen atoms in total. The van der Waals surface area contributed by atoms with Gasteiger partial charge < -0.3 is 10.2 Å². The monoisotopic (exact) mass is 248 g/mol. The maximum absolute atomic E-state index is 10.9. The minimum atomic E-state index is -1.42. The lowest BCUT2D eigenvalue weighted by atomic mass is 9.96. The smallest absolute Gasteiger partial charge is 0.343 e. The lowest BCUT2D eigenvalue weighted by Crippen LogP contribution is -2.11. The van der Waals surface area contributed by atoms with Gasteiger partial charge in [0, 0.05) is 0 Å². The molecule has 2 N–H and O–H groups in total. The lowest BCUT2D eigenvalue weighted by molar-refractivity contribution is -0.139. The van der Waals surface area contributed by atoms with E-state index in [1.165, 1.54) is 6.08 Å². The van der Waals surface area contributed by atoms with Crippen LogP contribution < -0.4 is 0 Å². The van der Waals surface area contributed by atoms with Crippen molar-refractivity contribution >= 4 is 18.0 Å². The molecule has 4 heteroatoms. The van der Waals surface area contributed by atoms with Crippen molar-refractivity contribution in [3.63, 3.8) is 0 Å². The van der Waals surface area contributed by atoms with Gasteiger partial charge in [0.25, 0.3) is 0 Å². The van der Waals surface area contributed by atoms with Crippen molar-refractivity contribution in [2.45, 2.75) is 26.7 Å². The minimum absolute atomic E-state index is 0.613. The molecule has 1 aromatic carbocycles. The first kappa shape index (κ1) is 14.0. The van der Waals surface area contributed by atoms with Crippen LogP contribution in [0, 0.1) is 0 Å². The van der Waals surface area contributed by atoms with Gasteiger partial charge in [-0.1, -0.05) is 32.0 Å². The predicted octanol–water partition coefficient (Wildman–Crippen LogP) is 2.36. The maximum Gasteiger partial charge on any atom is 0.343 e. The molecule has 0 unspecified atom stereocenters. The van der Waals surface area contributed by atoms with E-state index in [0.29, 0.717) is 5.56 Å². The van der Waals surface area contributed by atoms with Crippen LogP contribution in [-0.2, 0) is 22.4 Å². The summed E-state index contributed by atoms with van der Waals surface area (Å²) >= 11 is 0. The van der Waals surface area contributed by atoms with E-state index in [9.17, 15) is 9.59 Å². The SMILES string of the molecule is CCc1cccc(C=C(C(=O)O)C(=O)O)c1CC. The number of aliphatic carboxylic acids is 2. The molecule has 0 radical (unpaired) electrons. The molecule has 0 fully saturated rings. The van der Waals surface area contributed by atoms with E-state index in [4.69, 9.17) is 10.2 Å². The third kappa shape index (κ3) is 2.97. The largest absolute Gasteiger partial charge is 0.477 e. The normalized spacial score (nSPS) is 9.89. The van der Waals surface area contributed by atoms with E-state index in [-0.39, 0.29) is 0 Å². The Morgan fingerprint density at radius 2 is 1.72 bits per heavy atom. The zero-order valence-electron chi connectivity index (χ0n) is 10.4. The summed E-state index contributed by atoms with van der Waals surface area (Å²) in [7, 11) is 0. The summed E-state index contributed by atoms with van der Waals surface area (Å²) in [6.45, 7) is 3.98. The summed E-state index contributed by atoms with van der Waals surface area (Å²) in [6, 6.07) is 5.52. The first-order chi connectivity index (χ1) is 8.51. The van der Waals surface area contributed by atoms with Gasteiger partial charge in [0.2, 0.25) is 0 Å². The van der Waals surface area contributed by atoms with Gasteiger partial charge in [-0.2, -0.15) is 0 Å². The molecule has 1 aromatic rings. The van der Waals surface area contributed by atoms with Crippen LogP contribution in [0.25, 0.3) is 6.08 Å². The Kier molecular flexibility index (Phi) is 4.66. The van der Waals surface area contributed by atoms with Gasteiger partial charge in [-0.05, 0) is 35.6 Å². The molecule has 0 heterocycles. The fourth-order valence-corrected chi connectivity index (χ4v) is 1.92. The van der Waals surface area contributed by atoms with Gasteiger partial charge in [-0.15, -0.1) is 0 Å². The van der Waals surface area contributed by atoms with Gasteiger partial charge >= 0.3 is 11.9 Å². The molecular weight excluding hydrogens is 232 g/mol. The van der Waals surface area contributed by atoms with Crippen molar-refractivity contribution in [1.29, 1.82) is 0 Å². The van der Waals surface area contributed by atoms with Crippen LogP contribution in [0.1, 0.15) is 30.5 Å². The maximum atomic E-state index is 10.9. The Labute approximate surface area is 106 Å². The van der Waals surface area contributed by atoms with Crippen LogP contribution in [0.2, 0.25) is 0 Å². The van der Waals surface area contributed by atoms with Gasteiger partial charge in [-0.25, -0.2) is 9.59 Å². The van der Waals surface area contributed by atoms with Crippen LogP contribution in [-0.4, -0.2) is 22.2 Å². The van der Waals surface area contributed by atoms with Gasteiger partial charge in [-0.3, -0.25) is 0 Å². The Balaban J connectivity index is 3.37. The number of rotatable bonds is 5. The molecule has 0 atom stereocenters. The van der Waals surface area contributed by atoms with Crippen molar-refractivity contribution in [2.75, 3.05) is 0 Å². The van der Waals surface area contributed by atoms with Crippen LogP contribution >= 0.6 is 0 Å². The fourth-order valence-electron chi connectivity index (χ4n) is 1.92. The molecule has 0 aliphatic rings. The van der Waals surface area contributed by atoms with Crippen molar-refractivity contribution in [1.82, 2.24) is 0 Å². The number of carboxylic acid groups (broad SMARTS) is 2. The van der Waals surface area contributed by atoms with Gasteiger partial charge in [0.05, 0.1) is 0 Å². The highest BCUT2D eigenvalue weighted by atomic mass is 16.4. The van der Waals surface area contributed by atoms with Gasteiger partial charge in [0.15, 0.2) is 0 Å². The molecule has 18 heavy (non-hydrogen) atoms. The summed E-state index contributed by atoms with van der Waals surface area (Å²) in [5, 5.41) is 17.7. The van der Waals surface area contributed by atoms with E-state index in [0.717, 1.165) is 24.0 Å². The van der Waals surface area contributed by atoms with E-state index < -0.39 is 17.5 Å². The van der Waals surface area contributed by atoms with E-state index in [2.05, 4.69) is 0 Å². The Morgan fingerprint density at radius 3 is 2.17 bits per heavy atom. The second kappa shape index (κ2) is 6.00. The quantitative estimate of drug-likeness (QED) is 0.476. The highest BCUT2D eigenvalue weighted by Gasteiger charge is 2.16. The standard InChI is InChI=1S/C14H16O4/c1-3-9-6-5-7-10(11(9)4-2)8-12(13(15)16)14(17)18/h5-8H,3-4H2,1-2H3,(H,15,16)(H,17,18). The van der Waals surface area contributed by atoms with Crippen molar-refractivity contribution in [2.24, 2.45) is 0 Å². The summed E-state index contributed by atoms with van der Waals surface area (Å²) in [5.41, 5.74) is 2.16. The van der Waals surface area contributed by atoms with E-state index >= 15 is 0 Å². The van der Waals surface area contributed by atoms with E-state index in [1.807, 2.05) is 26.0 Å². The van der Waals surface area contributed by atoms with Crippen molar-refractivity contribution in [3.8, 4) is 0 Å². The highest BCUT2D eigenvalue weighted by Crippen LogP contribution is 2.19. The molecule has 0 aromatic heterocycles. The van der Waals surface area contributed by atoms with Crippen molar-refractivity contribution in [3.05, 3.63) is 40.5 Å². The van der Waals surface area contributed by atoms with Crippen molar-refractivity contribution < 1.29 is 19.8 Å². The Bertz CT molecular complexity index is 485. The highest BCUT2D eigenvalue weighted by molar-refractivity contribution is 6.16. The van der Waals surface area contributed by atoms with E-state index in [1.54, 1.807) is 6.07 Å². The third-order valence-electron chi connectivity index (χ3n) is 2.80. The summed E-state index contributed by atoms with van der Waals surface area (Å²) < 4.78 is 0. The number of carbonyl (C=O) groups is 2. The third-order valence-corrected chi connectivity index (χ3v) is 2.80. The molecule has 0 aliphatic carbocycles. The molecule has 0 aliphatic heterocycles. The zero-order chi connectivity index (χ0) is 13.7. The number of aryl methyl sites for hydroxylation is 1. The van der Waals surface area contributed by atoms with Gasteiger partial charge in [0.1, 0.15) is 5.57 Å². The molecule has 0 bridgehead atoms. The molecule has 0 saturated carbocycles. The summed E-state index contributed by atoms with van der Waals surface area (Å²) in [4.78, 5) is 21.7. The second-order valence-corrected chi connectivity index (χ2v) is 3.86. The number of benzene rings is 1. The molecule has 0 saturated heterocycles. The fraction of sp³-hybridized carbons (Fsp3) is 0.286. The predicted molar refractivity (Wildman–Crippen MR) is 68.4 cm³/mol. The number of hydrogen-bond acceptors (Lipinski definition) is 2. The first-order valence-corrected chi connectivity index (χ1v) is 5.80. The topological polar surface area (TPSA) is 74.6 Å². The average Bonchev–Trinajstić information content (AvgIpc) is 2.34. The molecule has 96 valence electrons. The first-order valence-electron chi connectivity index (χ1n) is 5.80. The van der Waals surface area contributed by atoms with Crippen LogP contribution in [0.15, 0.2) is 23.8 Å². The molecular formula is C14H16O4. The van der Waals surface area contributed by atoms with Crippen LogP contribution in [0.5, 0.6) is 0 Å². The summed E-state index contributed by atoms with van der Waals surface area (Å²) in [5.74, 6) is -2.85. The second-order valence-electron chi connectivity index (χ2n) is 3.86. The molecule has 0 spiro atoms. The molecule has 1 rings (SSSR count). The lowest BCUT2D eigenvalue weighted by Gasteiger charge is -2.09. The van der Waals surface area contributed by atoms with Crippen LogP contribution in [0.4, 0.5) is 0 Å². The average molecular weight is 248 g/mol. The Morgan fingerprint density at radius 1 is 1.11 bits per heavy atom. The zero-order valence-corrected chi connectivity index (χ0v) is 10.4. The van der Waals surface area contributed by atoms with Crippen LogP contribution in [0.3, 0.4) is 0 Å². The number of carboxylic acids is 2. The Hall–Kier alpha value is -2.10. The number of hydrogen-bond donors (Lipinski definition) is 2. The minimum Gasteiger partial charge on any atom is -0.477 e.